The highest BCUT2D eigenvalue weighted by Gasteiger charge is 2.35. The molecule has 0 saturated heterocycles. The Bertz CT molecular complexity index is 399. The zero-order valence-electron chi connectivity index (χ0n) is 12.6. The third-order valence-corrected chi connectivity index (χ3v) is 4.09. The van der Waals surface area contributed by atoms with Gasteiger partial charge >= 0.3 is 0 Å². The molecular weight excluding hydrogens is 236 g/mol. The molecule has 0 radical (unpaired) electrons. The van der Waals surface area contributed by atoms with Crippen molar-refractivity contribution in [1.82, 2.24) is 4.90 Å². The lowest BCUT2D eigenvalue weighted by atomic mass is 9.81. The second kappa shape index (κ2) is 6.71. The first-order valence-corrected chi connectivity index (χ1v) is 7.00. The van der Waals surface area contributed by atoms with Gasteiger partial charge in [0, 0.05) is 20.1 Å². The van der Waals surface area contributed by atoms with Crippen molar-refractivity contribution >= 4 is 5.91 Å². The van der Waals surface area contributed by atoms with E-state index >= 15 is 0 Å². The van der Waals surface area contributed by atoms with E-state index in [1.54, 1.807) is 4.90 Å². The van der Waals surface area contributed by atoms with Crippen LogP contribution in [-0.2, 0) is 11.3 Å². The summed E-state index contributed by atoms with van der Waals surface area (Å²) in [6, 6.07) is 8.29. The highest BCUT2D eigenvalue weighted by atomic mass is 16.2. The SMILES string of the molecule is CCC(CC)(CN)C(=O)N(C)Cc1ccc(C)cc1. The van der Waals surface area contributed by atoms with Crippen LogP contribution in [0.1, 0.15) is 37.8 Å². The number of nitrogens with zero attached hydrogens (tertiary/aromatic N) is 1. The normalized spacial score (nSPS) is 11.4. The van der Waals surface area contributed by atoms with Gasteiger partial charge in [-0.3, -0.25) is 4.79 Å². The fourth-order valence-corrected chi connectivity index (χ4v) is 2.37. The molecule has 0 bridgehead atoms. The fraction of sp³-hybridized carbons (Fsp3) is 0.562. The van der Waals surface area contributed by atoms with Crippen molar-refractivity contribution in [2.24, 2.45) is 11.1 Å². The first kappa shape index (κ1) is 15.7. The molecule has 0 aliphatic rings. The average molecular weight is 262 g/mol. The Morgan fingerprint density at radius 1 is 1.21 bits per heavy atom. The van der Waals surface area contributed by atoms with Crippen LogP contribution in [0.15, 0.2) is 24.3 Å². The molecule has 0 fully saturated rings. The molecule has 1 aromatic carbocycles. The lowest BCUT2D eigenvalue weighted by Crippen LogP contribution is -2.45. The smallest absolute Gasteiger partial charge is 0.230 e. The van der Waals surface area contributed by atoms with Gasteiger partial charge in [-0.25, -0.2) is 0 Å². The summed E-state index contributed by atoms with van der Waals surface area (Å²) in [5.41, 5.74) is 7.81. The molecule has 0 aromatic heterocycles. The van der Waals surface area contributed by atoms with Gasteiger partial charge in [0.15, 0.2) is 0 Å². The van der Waals surface area contributed by atoms with Crippen LogP contribution in [0, 0.1) is 12.3 Å². The van der Waals surface area contributed by atoms with Crippen LogP contribution in [-0.4, -0.2) is 24.4 Å². The van der Waals surface area contributed by atoms with Crippen LogP contribution in [0.3, 0.4) is 0 Å². The van der Waals surface area contributed by atoms with Gasteiger partial charge in [-0.15, -0.1) is 0 Å². The quantitative estimate of drug-likeness (QED) is 0.857. The van der Waals surface area contributed by atoms with Gasteiger partial charge in [0.1, 0.15) is 0 Å². The minimum absolute atomic E-state index is 0.153. The second-order valence-electron chi connectivity index (χ2n) is 5.34. The largest absolute Gasteiger partial charge is 0.341 e. The average Bonchev–Trinajstić information content (AvgIpc) is 2.43. The van der Waals surface area contributed by atoms with E-state index in [1.807, 2.05) is 20.9 Å². The van der Waals surface area contributed by atoms with E-state index in [2.05, 4.69) is 31.2 Å². The van der Waals surface area contributed by atoms with E-state index in [1.165, 1.54) is 5.56 Å². The van der Waals surface area contributed by atoms with Crippen LogP contribution in [0.2, 0.25) is 0 Å². The molecule has 0 unspecified atom stereocenters. The van der Waals surface area contributed by atoms with E-state index in [0.29, 0.717) is 13.1 Å². The number of benzene rings is 1. The molecule has 1 amide bonds. The summed E-state index contributed by atoms with van der Waals surface area (Å²) in [4.78, 5) is 14.4. The van der Waals surface area contributed by atoms with Crippen molar-refractivity contribution in [1.29, 1.82) is 0 Å². The number of nitrogens with two attached hydrogens (primary N) is 1. The summed E-state index contributed by atoms with van der Waals surface area (Å²) in [5.74, 6) is 0.153. The first-order valence-electron chi connectivity index (χ1n) is 7.00. The molecule has 0 atom stereocenters. The van der Waals surface area contributed by atoms with Crippen LogP contribution in [0.4, 0.5) is 0 Å². The maximum Gasteiger partial charge on any atom is 0.230 e. The highest BCUT2D eigenvalue weighted by molar-refractivity contribution is 5.82. The summed E-state index contributed by atoms with van der Waals surface area (Å²) in [7, 11) is 1.86. The van der Waals surface area contributed by atoms with Crippen molar-refractivity contribution in [2.45, 2.75) is 40.2 Å². The molecule has 19 heavy (non-hydrogen) atoms. The van der Waals surface area contributed by atoms with E-state index < -0.39 is 5.41 Å². The molecule has 0 aliphatic heterocycles. The number of rotatable bonds is 6. The molecule has 106 valence electrons. The summed E-state index contributed by atoms with van der Waals surface area (Å²) in [6.07, 6.45) is 1.58. The number of carbonyl (C=O) groups excluding carboxylic acids is 1. The molecule has 2 N–H and O–H groups in total. The molecular formula is C16H26N2O. The number of carbonyl (C=O) groups is 1. The number of amides is 1. The third-order valence-electron chi connectivity index (χ3n) is 4.09. The van der Waals surface area contributed by atoms with E-state index in [4.69, 9.17) is 5.73 Å². The first-order chi connectivity index (χ1) is 8.99. The predicted octanol–water partition coefficient (Wildman–Crippen LogP) is 2.72. The predicted molar refractivity (Wildman–Crippen MR) is 79.7 cm³/mol. The van der Waals surface area contributed by atoms with Gasteiger partial charge in [0.05, 0.1) is 5.41 Å². The van der Waals surface area contributed by atoms with Gasteiger partial charge in [-0.1, -0.05) is 43.7 Å². The van der Waals surface area contributed by atoms with Crippen molar-refractivity contribution in [3.8, 4) is 0 Å². The third kappa shape index (κ3) is 3.57. The number of hydrogen-bond donors (Lipinski definition) is 1. The van der Waals surface area contributed by atoms with Crippen LogP contribution >= 0.6 is 0 Å². The molecule has 0 spiro atoms. The Hall–Kier alpha value is -1.35. The number of aryl methyl sites for hydroxylation is 1. The summed E-state index contributed by atoms with van der Waals surface area (Å²) < 4.78 is 0. The Morgan fingerprint density at radius 2 is 1.74 bits per heavy atom. The van der Waals surface area contributed by atoms with E-state index in [9.17, 15) is 4.79 Å². The fourth-order valence-electron chi connectivity index (χ4n) is 2.37. The summed E-state index contributed by atoms with van der Waals surface area (Å²) >= 11 is 0. The molecule has 1 rings (SSSR count). The molecule has 0 saturated carbocycles. The van der Waals surface area contributed by atoms with Crippen molar-refractivity contribution in [3.63, 3.8) is 0 Å². The molecule has 0 heterocycles. The van der Waals surface area contributed by atoms with Gasteiger partial charge in [0.2, 0.25) is 5.91 Å². The summed E-state index contributed by atoms with van der Waals surface area (Å²) in [5, 5.41) is 0. The Kier molecular flexibility index (Phi) is 5.55. The van der Waals surface area contributed by atoms with Crippen LogP contribution in [0.25, 0.3) is 0 Å². The summed E-state index contributed by atoms with van der Waals surface area (Å²) in [6.45, 7) is 7.19. The van der Waals surface area contributed by atoms with Gasteiger partial charge in [-0.2, -0.15) is 0 Å². The van der Waals surface area contributed by atoms with Gasteiger partial charge in [-0.05, 0) is 25.3 Å². The molecule has 3 nitrogen and oxygen atoms in total. The Morgan fingerprint density at radius 3 is 2.16 bits per heavy atom. The monoisotopic (exact) mass is 262 g/mol. The minimum atomic E-state index is -0.403. The lowest BCUT2D eigenvalue weighted by Gasteiger charge is -2.33. The molecule has 3 heteroatoms. The highest BCUT2D eigenvalue weighted by Crippen LogP contribution is 2.27. The van der Waals surface area contributed by atoms with Crippen LogP contribution < -0.4 is 5.73 Å². The van der Waals surface area contributed by atoms with E-state index in [0.717, 1.165) is 18.4 Å². The zero-order chi connectivity index (χ0) is 14.5. The van der Waals surface area contributed by atoms with Crippen molar-refractivity contribution < 1.29 is 4.79 Å². The topological polar surface area (TPSA) is 46.3 Å². The van der Waals surface area contributed by atoms with Gasteiger partial charge < -0.3 is 10.6 Å². The second-order valence-corrected chi connectivity index (χ2v) is 5.34. The molecule has 0 aliphatic carbocycles. The van der Waals surface area contributed by atoms with Gasteiger partial charge in [0.25, 0.3) is 0 Å². The Balaban J connectivity index is 2.79. The van der Waals surface area contributed by atoms with Crippen LogP contribution in [0.5, 0.6) is 0 Å². The Labute approximate surface area is 116 Å². The maximum absolute atomic E-state index is 12.6. The van der Waals surface area contributed by atoms with E-state index in [-0.39, 0.29) is 5.91 Å². The van der Waals surface area contributed by atoms with Crippen molar-refractivity contribution in [2.75, 3.05) is 13.6 Å². The lowest BCUT2D eigenvalue weighted by molar-refractivity contribution is -0.141. The standard InChI is InChI=1S/C16H26N2O/c1-5-16(6-2,12-17)15(19)18(4)11-14-9-7-13(3)8-10-14/h7-10H,5-6,11-12,17H2,1-4H3. The van der Waals surface area contributed by atoms with Crippen molar-refractivity contribution in [3.05, 3.63) is 35.4 Å². The maximum atomic E-state index is 12.6. The minimum Gasteiger partial charge on any atom is -0.341 e. The number of hydrogen-bond acceptors (Lipinski definition) is 2. The zero-order valence-corrected chi connectivity index (χ0v) is 12.6. The molecule has 1 aromatic rings.